The van der Waals surface area contributed by atoms with Gasteiger partial charge < -0.3 is 46.0 Å². The van der Waals surface area contributed by atoms with Crippen molar-refractivity contribution < 1.29 is 59.0 Å². The maximum atomic E-state index is 12.9. The second kappa shape index (κ2) is 34.6. The summed E-state index contributed by atoms with van der Waals surface area (Å²) < 4.78 is 22.8. The average molecular weight is 852 g/mol. The van der Waals surface area contributed by atoms with Crippen LogP contribution in [0.15, 0.2) is 12.2 Å². The molecule has 0 aromatic heterocycles. The molecule has 8 atom stereocenters. The highest BCUT2D eigenvalue weighted by atomic mass is 31.2. The van der Waals surface area contributed by atoms with Gasteiger partial charge in [0.05, 0.1) is 31.3 Å². The maximum absolute atomic E-state index is 12.9. The summed E-state index contributed by atoms with van der Waals surface area (Å²) in [6, 6.07) is -1.23. The zero-order valence-corrected chi connectivity index (χ0v) is 37.1. The number of hydrogen-bond donors (Lipinski definition) is 9. The van der Waals surface area contributed by atoms with E-state index < -0.39 is 75.2 Å². The van der Waals surface area contributed by atoms with Crippen molar-refractivity contribution in [3.63, 3.8) is 0 Å². The van der Waals surface area contributed by atoms with Crippen molar-refractivity contribution in [2.24, 2.45) is 0 Å². The van der Waals surface area contributed by atoms with Gasteiger partial charge >= 0.3 is 7.82 Å². The fourth-order valence-electron chi connectivity index (χ4n) is 7.54. The lowest BCUT2D eigenvalue weighted by Crippen LogP contribution is -2.64. The first-order chi connectivity index (χ1) is 27.8. The molecule has 0 aliphatic heterocycles. The number of unbranched alkanes of at least 4 members (excludes halogenated alkanes) is 25. The lowest BCUT2D eigenvalue weighted by atomic mass is 9.85. The molecule has 13 nitrogen and oxygen atoms in total. The van der Waals surface area contributed by atoms with Crippen LogP contribution in [0.5, 0.6) is 0 Å². The Balaban J connectivity index is 2.53. The van der Waals surface area contributed by atoms with Crippen LogP contribution in [0, 0.1) is 0 Å². The molecule has 0 heterocycles. The number of aliphatic hydroxyl groups is 7. The van der Waals surface area contributed by atoms with Crippen molar-refractivity contribution in [3.05, 3.63) is 12.2 Å². The van der Waals surface area contributed by atoms with Crippen LogP contribution in [0.2, 0.25) is 0 Å². The second-order valence-corrected chi connectivity index (χ2v) is 18.2. The van der Waals surface area contributed by atoms with E-state index in [1.54, 1.807) is 6.08 Å². The van der Waals surface area contributed by atoms with Gasteiger partial charge in [-0.1, -0.05) is 187 Å². The number of allylic oxidation sites excluding steroid dienone is 1. The Hall–Kier alpha value is -0.960. The van der Waals surface area contributed by atoms with E-state index in [0.29, 0.717) is 12.8 Å². The summed E-state index contributed by atoms with van der Waals surface area (Å²) in [4.78, 5) is 23.4. The van der Waals surface area contributed by atoms with E-state index in [9.17, 15) is 50.0 Å². The second-order valence-electron chi connectivity index (χ2n) is 16.8. The summed E-state index contributed by atoms with van der Waals surface area (Å²) in [5.41, 5.74) is 0. The molecular weight excluding hydrogens is 765 g/mol. The Morgan fingerprint density at radius 3 is 1.41 bits per heavy atom. The van der Waals surface area contributed by atoms with Crippen molar-refractivity contribution in [2.45, 2.75) is 255 Å². The fourth-order valence-corrected chi connectivity index (χ4v) is 8.50. The van der Waals surface area contributed by atoms with Crippen molar-refractivity contribution in [1.29, 1.82) is 0 Å². The van der Waals surface area contributed by atoms with Crippen LogP contribution in [0.4, 0.5) is 0 Å². The molecule has 0 radical (unpaired) electrons. The number of amides is 1. The summed E-state index contributed by atoms with van der Waals surface area (Å²) in [5.74, 6) is -0.593. The molecule has 344 valence electrons. The van der Waals surface area contributed by atoms with E-state index in [4.69, 9.17) is 9.05 Å². The van der Waals surface area contributed by atoms with Gasteiger partial charge in [0.1, 0.15) is 36.6 Å². The van der Waals surface area contributed by atoms with Gasteiger partial charge in [-0.15, -0.1) is 0 Å². The number of rotatable bonds is 38. The Bertz CT molecular complexity index is 1050. The number of carbonyl (C=O) groups excluding carboxylic acids is 1. The van der Waals surface area contributed by atoms with Crippen LogP contribution in [0.25, 0.3) is 0 Å². The van der Waals surface area contributed by atoms with Crippen LogP contribution < -0.4 is 5.32 Å². The normalized spacial score (nSPS) is 23.8. The van der Waals surface area contributed by atoms with Crippen molar-refractivity contribution >= 4 is 13.7 Å². The first-order valence-corrected chi connectivity index (χ1v) is 24.7. The lowest BCUT2D eigenvalue weighted by molar-refractivity contribution is -0.220. The van der Waals surface area contributed by atoms with Gasteiger partial charge in [0.15, 0.2) is 0 Å². The highest BCUT2D eigenvalue weighted by Crippen LogP contribution is 2.47. The smallest absolute Gasteiger partial charge is 0.393 e. The first kappa shape index (κ1) is 55.1. The monoisotopic (exact) mass is 852 g/mol. The predicted octanol–water partition coefficient (Wildman–Crippen LogP) is 7.42. The quantitative estimate of drug-likeness (QED) is 0.0168. The molecule has 0 saturated heterocycles. The predicted molar refractivity (Wildman–Crippen MR) is 229 cm³/mol. The molecule has 1 saturated carbocycles. The number of hydrogen-bond acceptors (Lipinski definition) is 11. The third-order valence-electron chi connectivity index (χ3n) is 11.4. The highest BCUT2D eigenvalue weighted by Gasteiger charge is 2.51. The van der Waals surface area contributed by atoms with Crippen LogP contribution in [0.3, 0.4) is 0 Å². The largest absolute Gasteiger partial charge is 0.472 e. The van der Waals surface area contributed by atoms with E-state index in [-0.39, 0.29) is 6.42 Å². The van der Waals surface area contributed by atoms with Gasteiger partial charge in [0.2, 0.25) is 5.91 Å². The molecule has 1 amide bonds. The van der Waals surface area contributed by atoms with Gasteiger partial charge in [-0.25, -0.2) is 4.57 Å². The third kappa shape index (κ3) is 26.4. The number of phosphoric ester groups is 1. The Kier molecular flexibility index (Phi) is 32.9. The molecule has 9 N–H and O–H groups in total. The number of aliphatic hydroxyl groups excluding tert-OH is 7. The molecule has 8 unspecified atom stereocenters. The van der Waals surface area contributed by atoms with Gasteiger partial charge in [0.25, 0.3) is 0 Å². The lowest BCUT2D eigenvalue weighted by Gasteiger charge is -2.41. The SMILES string of the molecule is CCCCCCCCCCCCCCCCCCC/C=C/C(O)C(COP(=O)(O)OC1C(O)C(O)C(O)C(O)C1O)NC(=O)CC(O)CCCCCCCCCCC. The number of nitrogens with one attached hydrogen (secondary N) is 1. The van der Waals surface area contributed by atoms with Crippen molar-refractivity contribution in [2.75, 3.05) is 6.61 Å². The minimum Gasteiger partial charge on any atom is -0.393 e. The molecule has 0 aromatic rings. The van der Waals surface area contributed by atoms with Crippen LogP contribution >= 0.6 is 7.82 Å². The Morgan fingerprint density at radius 2 is 0.983 bits per heavy atom. The molecule has 1 rings (SSSR count). The van der Waals surface area contributed by atoms with E-state index in [0.717, 1.165) is 44.9 Å². The van der Waals surface area contributed by atoms with E-state index in [1.165, 1.54) is 128 Å². The van der Waals surface area contributed by atoms with E-state index in [1.807, 2.05) is 0 Å². The van der Waals surface area contributed by atoms with Crippen LogP contribution in [-0.2, 0) is 18.4 Å². The summed E-state index contributed by atoms with van der Waals surface area (Å²) in [6.45, 7) is 3.72. The number of phosphoric acid groups is 1. The summed E-state index contributed by atoms with van der Waals surface area (Å²) in [7, 11) is -5.13. The van der Waals surface area contributed by atoms with Crippen molar-refractivity contribution in [1.82, 2.24) is 5.32 Å². The highest BCUT2D eigenvalue weighted by molar-refractivity contribution is 7.47. The minimum atomic E-state index is -5.13. The Morgan fingerprint density at radius 1 is 0.603 bits per heavy atom. The number of carbonyl (C=O) groups is 1. The topological polar surface area (TPSA) is 226 Å². The minimum absolute atomic E-state index is 0.241. The molecule has 58 heavy (non-hydrogen) atoms. The summed E-state index contributed by atoms with van der Waals surface area (Å²) in [5, 5.41) is 74.3. The van der Waals surface area contributed by atoms with Gasteiger partial charge in [-0.05, 0) is 19.3 Å². The average Bonchev–Trinajstić information content (AvgIpc) is 3.19. The molecular formula is C44H86NO12P. The van der Waals surface area contributed by atoms with Gasteiger partial charge in [-0.3, -0.25) is 13.8 Å². The molecule has 0 bridgehead atoms. The fraction of sp³-hybridized carbons (Fsp3) is 0.932. The van der Waals surface area contributed by atoms with Crippen LogP contribution in [-0.4, -0.2) is 108 Å². The molecule has 1 aliphatic rings. The van der Waals surface area contributed by atoms with E-state index >= 15 is 0 Å². The molecule has 1 fully saturated rings. The van der Waals surface area contributed by atoms with Gasteiger partial charge in [0, 0.05) is 0 Å². The van der Waals surface area contributed by atoms with E-state index in [2.05, 4.69) is 19.2 Å². The first-order valence-electron chi connectivity index (χ1n) is 23.2. The summed E-state index contributed by atoms with van der Waals surface area (Å²) in [6.07, 6.45) is 21.7. The standard InChI is InChI=1S/C44H86NO12P/c1-3-5-7-9-11-13-14-15-16-17-18-19-20-21-22-24-26-28-30-32-37(47)36(45-38(48)33-35(46)31-29-27-25-23-12-10-8-6-4-2)34-56-58(54,55)57-44-42(52)40(50)39(49)41(51)43(44)53/h30,32,35-37,39-44,46-47,49-53H,3-29,31,33-34H2,1-2H3,(H,45,48)(H,54,55)/b32-30+. The van der Waals surface area contributed by atoms with Crippen LogP contribution in [0.1, 0.15) is 200 Å². The molecule has 1 aliphatic carbocycles. The molecule has 14 heteroatoms. The zero-order chi connectivity index (χ0) is 43.0. The van der Waals surface area contributed by atoms with Crippen molar-refractivity contribution in [3.8, 4) is 0 Å². The molecule has 0 aromatic carbocycles. The zero-order valence-electron chi connectivity index (χ0n) is 36.2. The van der Waals surface area contributed by atoms with Gasteiger partial charge in [-0.2, -0.15) is 0 Å². The Labute approximate surface area is 351 Å². The molecule has 0 spiro atoms. The maximum Gasteiger partial charge on any atom is 0.472 e. The summed E-state index contributed by atoms with van der Waals surface area (Å²) >= 11 is 0. The third-order valence-corrected chi connectivity index (χ3v) is 12.4.